The second kappa shape index (κ2) is 7.32. The average Bonchev–Trinajstić information content (AvgIpc) is 2.30. The maximum atomic E-state index is 13.6. The van der Waals surface area contributed by atoms with Crippen LogP contribution < -0.4 is 5.73 Å². The summed E-state index contributed by atoms with van der Waals surface area (Å²) >= 11 is 4.77. The predicted octanol–water partition coefficient (Wildman–Crippen LogP) is 2.01. The van der Waals surface area contributed by atoms with Gasteiger partial charge in [-0.15, -0.1) is 0 Å². The highest BCUT2D eigenvalue weighted by molar-refractivity contribution is 7.80. The van der Waals surface area contributed by atoms with Crippen LogP contribution in [0.2, 0.25) is 0 Å². The SMILES string of the molecule is COCCCOCc1ccc(C(N)=S)cc1F. The molecule has 0 radical (unpaired) electrons. The Bertz CT molecular complexity index is 385. The van der Waals surface area contributed by atoms with Gasteiger partial charge in [0.15, 0.2) is 0 Å². The van der Waals surface area contributed by atoms with Crippen LogP contribution in [0, 0.1) is 5.82 Å². The molecule has 2 N–H and O–H groups in total. The summed E-state index contributed by atoms with van der Waals surface area (Å²) in [7, 11) is 1.63. The van der Waals surface area contributed by atoms with Crippen molar-refractivity contribution in [1.29, 1.82) is 0 Å². The molecule has 1 aromatic carbocycles. The zero-order valence-electron chi connectivity index (χ0n) is 9.74. The van der Waals surface area contributed by atoms with Crippen molar-refractivity contribution in [3.8, 4) is 0 Å². The third kappa shape index (κ3) is 4.77. The van der Waals surface area contributed by atoms with E-state index in [2.05, 4.69) is 0 Å². The van der Waals surface area contributed by atoms with Gasteiger partial charge >= 0.3 is 0 Å². The Labute approximate surface area is 106 Å². The zero-order valence-corrected chi connectivity index (χ0v) is 10.6. The fourth-order valence-corrected chi connectivity index (χ4v) is 1.43. The van der Waals surface area contributed by atoms with Crippen LogP contribution in [0.5, 0.6) is 0 Å². The van der Waals surface area contributed by atoms with Crippen LogP contribution >= 0.6 is 12.2 Å². The molecule has 0 bridgehead atoms. The molecule has 5 heteroatoms. The fraction of sp³-hybridized carbons (Fsp3) is 0.417. The van der Waals surface area contributed by atoms with Gasteiger partial charge in [-0.05, 0) is 12.5 Å². The van der Waals surface area contributed by atoms with Crippen molar-refractivity contribution < 1.29 is 13.9 Å². The van der Waals surface area contributed by atoms with Gasteiger partial charge in [-0.3, -0.25) is 0 Å². The minimum absolute atomic E-state index is 0.191. The van der Waals surface area contributed by atoms with Crippen molar-refractivity contribution in [3.63, 3.8) is 0 Å². The van der Waals surface area contributed by atoms with Gasteiger partial charge in [0.25, 0.3) is 0 Å². The average molecular weight is 257 g/mol. The molecule has 0 heterocycles. The van der Waals surface area contributed by atoms with Gasteiger partial charge in [0.05, 0.1) is 6.61 Å². The Morgan fingerprint density at radius 2 is 2.18 bits per heavy atom. The summed E-state index contributed by atoms with van der Waals surface area (Å²) in [6.45, 7) is 1.43. The summed E-state index contributed by atoms with van der Waals surface area (Å²) < 4.78 is 23.8. The standard InChI is InChI=1S/C12H16FNO2S/c1-15-5-2-6-16-8-10-4-3-9(12(14)17)7-11(10)13/h3-4,7H,2,5-6,8H2,1H3,(H2,14,17). The second-order valence-electron chi connectivity index (χ2n) is 3.57. The first-order chi connectivity index (χ1) is 8.15. The van der Waals surface area contributed by atoms with Gasteiger partial charge in [-0.2, -0.15) is 0 Å². The first-order valence-corrected chi connectivity index (χ1v) is 5.71. The van der Waals surface area contributed by atoms with Crippen molar-refractivity contribution in [2.75, 3.05) is 20.3 Å². The van der Waals surface area contributed by atoms with E-state index in [4.69, 9.17) is 27.4 Å². The first-order valence-electron chi connectivity index (χ1n) is 5.30. The lowest BCUT2D eigenvalue weighted by molar-refractivity contribution is 0.0913. The number of rotatable bonds is 7. The number of halogens is 1. The maximum Gasteiger partial charge on any atom is 0.129 e. The monoisotopic (exact) mass is 257 g/mol. The molecule has 0 unspecified atom stereocenters. The lowest BCUT2D eigenvalue weighted by Crippen LogP contribution is -2.10. The van der Waals surface area contributed by atoms with Gasteiger partial charge in [0, 0.05) is 31.5 Å². The van der Waals surface area contributed by atoms with Gasteiger partial charge in [0.2, 0.25) is 0 Å². The van der Waals surface area contributed by atoms with Crippen LogP contribution in [-0.4, -0.2) is 25.3 Å². The normalized spacial score (nSPS) is 10.5. The molecule has 0 aliphatic carbocycles. The maximum absolute atomic E-state index is 13.6. The summed E-state index contributed by atoms with van der Waals surface area (Å²) in [5.74, 6) is -0.345. The molecule has 0 saturated carbocycles. The quantitative estimate of drug-likeness (QED) is 0.599. The van der Waals surface area contributed by atoms with Crippen molar-refractivity contribution in [2.24, 2.45) is 5.73 Å². The van der Waals surface area contributed by atoms with Crippen molar-refractivity contribution >= 4 is 17.2 Å². The number of nitrogens with two attached hydrogens (primary N) is 1. The van der Waals surface area contributed by atoms with Crippen molar-refractivity contribution in [2.45, 2.75) is 13.0 Å². The largest absolute Gasteiger partial charge is 0.389 e. The van der Waals surface area contributed by atoms with Crippen molar-refractivity contribution in [3.05, 3.63) is 35.1 Å². The van der Waals surface area contributed by atoms with E-state index in [0.717, 1.165) is 6.42 Å². The van der Waals surface area contributed by atoms with Crippen LogP contribution in [0.15, 0.2) is 18.2 Å². The molecule has 0 saturated heterocycles. The molecule has 0 amide bonds. The molecule has 0 aliphatic rings. The molecule has 1 rings (SSSR count). The minimum atomic E-state index is -0.345. The summed E-state index contributed by atoms with van der Waals surface area (Å²) in [6, 6.07) is 4.66. The highest BCUT2D eigenvalue weighted by atomic mass is 32.1. The molecule has 94 valence electrons. The van der Waals surface area contributed by atoms with Crippen LogP contribution in [0.3, 0.4) is 0 Å². The Balaban J connectivity index is 2.46. The Morgan fingerprint density at radius 1 is 1.41 bits per heavy atom. The second-order valence-corrected chi connectivity index (χ2v) is 4.01. The van der Waals surface area contributed by atoms with E-state index in [0.29, 0.717) is 24.3 Å². The van der Waals surface area contributed by atoms with Gasteiger partial charge in [-0.25, -0.2) is 4.39 Å². The third-order valence-electron chi connectivity index (χ3n) is 2.23. The number of hydrogen-bond donors (Lipinski definition) is 1. The number of thiocarbonyl (C=S) groups is 1. The Morgan fingerprint density at radius 3 is 2.76 bits per heavy atom. The zero-order chi connectivity index (χ0) is 12.7. The topological polar surface area (TPSA) is 44.5 Å². The molecule has 3 nitrogen and oxygen atoms in total. The van der Waals surface area contributed by atoms with E-state index >= 15 is 0 Å². The molecular formula is C12H16FNO2S. The smallest absolute Gasteiger partial charge is 0.129 e. The molecular weight excluding hydrogens is 241 g/mol. The van der Waals surface area contributed by atoms with E-state index in [1.54, 1.807) is 19.2 Å². The Hall–Kier alpha value is -1.04. The fourth-order valence-electron chi connectivity index (χ4n) is 1.31. The lowest BCUT2D eigenvalue weighted by atomic mass is 10.1. The van der Waals surface area contributed by atoms with E-state index < -0.39 is 0 Å². The van der Waals surface area contributed by atoms with Crippen LogP contribution in [0.1, 0.15) is 17.5 Å². The Kier molecular flexibility index (Phi) is 6.04. The molecule has 0 atom stereocenters. The molecule has 0 aliphatic heterocycles. The third-order valence-corrected chi connectivity index (χ3v) is 2.47. The lowest BCUT2D eigenvalue weighted by Gasteiger charge is -2.06. The van der Waals surface area contributed by atoms with Gasteiger partial charge in [-0.1, -0.05) is 24.4 Å². The van der Waals surface area contributed by atoms with Crippen molar-refractivity contribution in [1.82, 2.24) is 0 Å². The molecule has 0 fully saturated rings. The van der Waals surface area contributed by atoms with Crippen LogP contribution in [0.4, 0.5) is 4.39 Å². The molecule has 17 heavy (non-hydrogen) atoms. The van der Waals surface area contributed by atoms with Crippen LogP contribution in [-0.2, 0) is 16.1 Å². The minimum Gasteiger partial charge on any atom is -0.389 e. The number of ether oxygens (including phenoxy) is 2. The highest BCUT2D eigenvalue weighted by Crippen LogP contribution is 2.11. The van der Waals surface area contributed by atoms with E-state index in [-0.39, 0.29) is 17.4 Å². The number of methoxy groups -OCH3 is 1. The predicted molar refractivity (Wildman–Crippen MR) is 68.4 cm³/mol. The van der Waals surface area contributed by atoms with Gasteiger partial charge < -0.3 is 15.2 Å². The van der Waals surface area contributed by atoms with E-state index in [1.807, 2.05) is 0 Å². The summed E-state index contributed by atoms with van der Waals surface area (Å²) in [5, 5.41) is 0. The van der Waals surface area contributed by atoms with E-state index in [9.17, 15) is 4.39 Å². The molecule has 0 aromatic heterocycles. The summed E-state index contributed by atoms with van der Waals surface area (Å²) in [6.07, 6.45) is 0.795. The summed E-state index contributed by atoms with van der Waals surface area (Å²) in [4.78, 5) is 0.191. The first kappa shape index (κ1) is 14.0. The number of benzene rings is 1. The van der Waals surface area contributed by atoms with Crippen LogP contribution in [0.25, 0.3) is 0 Å². The molecule has 1 aromatic rings. The molecule has 0 spiro atoms. The van der Waals surface area contributed by atoms with E-state index in [1.165, 1.54) is 6.07 Å². The number of hydrogen-bond acceptors (Lipinski definition) is 3. The summed E-state index contributed by atoms with van der Waals surface area (Å²) in [5.41, 5.74) is 6.44. The highest BCUT2D eigenvalue weighted by Gasteiger charge is 2.05. The van der Waals surface area contributed by atoms with Gasteiger partial charge in [0.1, 0.15) is 10.8 Å².